The summed E-state index contributed by atoms with van der Waals surface area (Å²) in [7, 11) is 1.57. The van der Waals surface area contributed by atoms with Gasteiger partial charge < -0.3 is 24.5 Å². The van der Waals surface area contributed by atoms with E-state index in [0.717, 1.165) is 0 Å². The summed E-state index contributed by atoms with van der Waals surface area (Å²) in [6.45, 7) is 1.87. The molecule has 1 heterocycles. The van der Waals surface area contributed by atoms with Crippen LogP contribution in [-0.4, -0.2) is 26.7 Å². The van der Waals surface area contributed by atoms with Gasteiger partial charge in [-0.1, -0.05) is 12.1 Å². The Bertz CT molecular complexity index is 607. The summed E-state index contributed by atoms with van der Waals surface area (Å²) in [5.41, 5.74) is 0.710. The lowest BCUT2D eigenvalue weighted by atomic mass is 10.1. The molecule has 1 aromatic carbocycles. The third-order valence-electron chi connectivity index (χ3n) is 3.02. The van der Waals surface area contributed by atoms with Gasteiger partial charge in [0.25, 0.3) is 0 Å². The highest BCUT2D eigenvalue weighted by Crippen LogP contribution is 2.20. The number of ether oxygens (including phenoxy) is 1. The standard InChI is InChI=1S/C13H15N3O4/c1-9-14-13(16(18)19)8-15(9)7-12(17)10-3-5-11(20-2)6-4-10/h3-6,8,12,17H,7H2,1-2H3/t12-/m1/s1. The molecule has 0 fully saturated rings. The number of aliphatic hydroxyl groups excluding tert-OH is 1. The molecule has 0 aliphatic heterocycles. The highest BCUT2D eigenvalue weighted by Gasteiger charge is 2.18. The fraction of sp³-hybridized carbons (Fsp3) is 0.308. The van der Waals surface area contributed by atoms with Crippen LogP contribution in [0.15, 0.2) is 30.5 Å². The van der Waals surface area contributed by atoms with Crippen molar-refractivity contribution in [3.8, 4) is 5.75 Å². The van der Waals surface area contributed by atoms with Gasteiger partial charge in [0.05, 0.1) is 19.8 Å². The number of aliphatic hydroxyl groups is 1. The molecule has 1 atom stereocenters. The van der Waals surface area contributed by atoms with Crippen LogP contribution in [0.3, 0.4) is 0 Å². The highest BCUT2D eigenvalue weighted by molar-refractivity contribution is 5.28. The summed E-state index contributed by atoms with van der Waals surface area (Å²) in [4.78, 5) is 13.9. The van der Waals surface area contributed by atoms with E-state index in [0.29, 0.717) is 17.1 Å². The molecule has 0 aliphatic rings. The van der Waals surface area contributed by atoms with Gasteiger partial charge in [0.1, 0.15) is 11.9 Å². The Morgan fingerprint density at radius 1 is 1.45 bits per heavy atom. The second-order valence-electron chi connectivity index (χ2n) is 4.34. The predicted octanol–water partition coefficient (Wildman–Crippen LogP) is 1.84. The minimum atomic E-state index is -0.770. The summed E-state index contributed by atoms with van der Waals surface area (Å²) < 4.78 is 6.61. The van der Waals surface area contributed by atoms with Crippen molar-refractivity contribution in [2.75, 3.05) is 7.11 Å². The van der Waals surface area contributed by atoms with E-state index in [9.17, 15) is 15.2 Å². The molecule has 0 unspecified atom stereocenters. The molecular formula is C13H15N3O4. The van der Waals surface area contributed by atoms with Crippen molar-refractivity contribution in [3.05, 3.63) is 52.0 Å². The molecule has 106 valence electrons. The number of hydrogen-bond donors (Lipinski definition) is 1. The first-order valence-electron chi connectivity index (χ1n) is 6.01. The largest absolute Gasteiger partial charge is 0.497 e. The van der Waals surface area contributed by atoms with Crippen LogP contribution in [0.1, 0.15) is 17.5 Å². The lowest BCUT2D eigenvalue weighted by molar-refractivity contribution is -0.389. The SMILES string of the molecule is COc1ccc([C@H](O)Cn2cc([N+](=O)[O-])nc2C)cc1. The Hall–Kier alpha value is -2.41. The quantitative estimate of drug-likeness (QED) is 0.665. The van der Waals surface area contributed by atoms with E-state index >= 15 is 0 Å². The summed E-state index contributed by atoms with van der Waals surface area (Å²) in [5, 5.41) is 20.8. The zero-order chi connectivity index (χ0) is 14.7. The molecule has 2 rings (SSSR count). The first-order chi connectivity index (χ1) is 9.51. The van der Waals surface area contributed by atoms with Crippen molar-refractivity contribution >= 4 is 5.82 Å². The molecule has 7 nitrogen and oxygen atoms in total. The van der Waals surface area contributed by atoms with Gasteiger partial charge in [-0.15, -0.1) is 0 Å². The summed E-state index contributed by atoms with van der Waals surface area (Å²) in [6.07, 6.45) is 0.552. The van der Waals surface area contributed by atoms with Crippen LogP contribution >= 0.6 is 0 Å². The van der Waals surface area contributed by atoms with Crippen molar-refractivity contribution in [1.29, 1.82) is 0 Å². The zero-order valence-corrected chi connectivity index (χ0v) is 11.2. The number of rotatable bonds is 5. The van der Waals surface area contributed by atoms with Gasteiger partial charge >= 0.3 is 5.82 Å². The van der Waals surface area contributed by atoms with E-state index in [-0.39, 0.29) is 12.4 Å². The minimum absolute atomic E-state index is 0.207. The lowest BCUT2D eigenvalue weighted by Crippen LogP contribution is -2.09. The third-order valence-corrected chi connectivity index (χ3v) is 3.02. The molecule has 1 aromatic heterocycles. The highest BCUT2D eigenvalue weighted by atomic mass is 16.6. The Morgan fingerprint density at radius 3 is 2.60 bits per heavy atom. The molecule has 0 spiro atoms. The van der Waals surface area contributed by atoms with E-state index in [1.54, 1.807) is 42.9 Å². The average Bonchev–Trinajstić information content (AvgIpc) is 2.80. The Kier molecular flexibility index (Phi) is 3.99. The van der Waals surface area contributed by atoms with Gasteiger partial charge in [-0.3, -0.25) is 0 Å². The third kappa shape index (κ3) is 2.94. The van der Waals surface area contributed by atoms with Crippen LogP contribution in [0.2, 0.25) is 0 Å². The molecule has 2 aromatic rings. The van der Waals surface area contributed by atoms with E-state index < -0.39 is 11.0 Å². The maximum Gasteiger partial charge on any atom is 0.381 e. The molecule has 0 amide bonds. The monoisotopic (exact) mass is 277 g/mol. The molecule has 0 saturated heterocycles. The van der Waals surface area contributed by atoms with Gasteiger partial charge in [-0.25, -0.2) is 0 Å². The second kappa shape index (κ2) is 5.70. The summed E-state index contributed by atoms with van der Waals surface area (Å²) >= 11 is 0. The topological polar surface area (TPSA) is 90.4 Å². The molecule has 0 bridgehead atoms. The Balaban J connectivity index is 2.14. The maximum atomic E-state index is 10.6. The fourth-order valence-corrected chi connectivity index (χ4v) is 1.88. The molecule has 1 N–H and O–H groups in total. The Labute approximate surface area is 115 Å². The van der Waals surface area contributed by atoms with Gasteiger partial charge in [-0.05, 0) is 27.6 Å². The van der Waals surface area contributed by atoms with Crippen molar-refractivity contribution in [2.24, 2.45) is 0 Å². The number of aromatic nitrogens is 2. The van der Waals surface area contributed by atoms with Crippen LogP contribution in [0.5, 0.6) is 5.75 Å². The number of aryl methyl sites for hydroxylation is 1. The smallest absolute Gasteiger partial charge is 0.381 e. The number of methoxy groups -OCH3 is 1. The fourth-order valence-electron chi connectivity index (χ4n) is 1.88. The molecule has 0 radical (unpaired) electrons. The zero-order valence-electron chi connectivity index (χ0n) is 11.2. The number of nitro groups is 1. The average molecular weight is 277 g/mol. The first kappa shape index (κ1) is 14.0. The van der Waals surface area contributed by atoms with Crippen LogP contribution in [0.4, 0.5) is 5.82 Å². The van der Waals surface area contributed by atoms with E-state index in [1.807, 2.05) is 0 Å². The number of hydrogen-bond acceptors (Lipinski definition) is 5. The van der Waals surface area contributed by atoms with E-state index in [2.05, 4.69) is 4.98 Å². The van der Waals surface area contributed by atoms with Gasteiger partial charge in [0, 0.05) is 6.92 Å². The normalized spacial score (nSPS) is 12.2. The molecule has 0 aliphatic carbocycles. The Morgan fingerprint density at radius 2 is 2.10 bits per heavy atom. The maximum absolute atomic E-state index is 10.6. The van der Waals surface area contributed by atoms with Gasteiger partial charge in [-0.2, -0.15) is 0 Å². The second-order valence-corrected chi connectivity index (χ2v) is 4.34. The molecule has 20 heavy (non-hydrogen) atoms. The van der Waals surface area contributed by atoms with Crippen LogP contribution in [0.25, 0.3) is 0 Å². The van der Waals surface area contributed by atoms with Crippen molar-refractivity contribution < 1.29 is 14.8 Å². The molecule has 0 saturated carbocycles. The lowest BCUT2D eigenvalue weighted by Gasteiger charge is -2.12. The van der Waals surface area contributed by atoms with Crippen LogP contribution in [0, 0.1) is 17.0 Å². The van der Waals surface area contributed by atoms with Gasteiger partial charge in [0.15, 0.2) is 0 Å². The van der Waals surface area contributed by atoms with E-state index in [4.69, 9.17) is 4.74 Å². The molecular weight excluding hydrogens is 262 g/mol. The summed E-state index contributed by atoms with van der Waals surface area (Å²) in [6, 6.07) is 7.01. The first-order valence-corrected chi connectivity index (χ1v) is 6.01. The van der Waals surface area contributed by atoms with Crippen LogP contribution in [-0.2, 0) is 6.54 Å². The summed E-state index contributed by atoms with van der Waals surface area (Å²) in [5.74, 6) is 0.976. The molecule has 7 heteroatoms. The number of nitrogens with zero attached hydrogens (tertiary/aromatic N) is 3. The number of benzene rings is 1. The van der Waals surface area contributed by atoms with E-state index in [1.165, 1.54) is 6.20 Å². The number of imidazole rings is 1. The minimum Gasteiger partial charge on any atom is -0.497 e. The van der Waals surface area contributed by atoms with Crippen LogP contribution < -0.4 is 4.74 Å². The van der Waals surface area contributed by atoms with Crippen molar-refractivity contribution in [2.45, 2.75) is 19.6 Å². The van der Waals surface area contributed by atoms with Crippen molar-refractivity contribution in [1.82, 2.24) is 9.55 Å². The predicted molar refractivity (Wildman–Crippen MR) is 71.6 cm³/mol. The van der Waals surface area contributed by atoms with Crippen molar-refractivity contribution in [3.63, 3.8) is 0 Å². The van der Waals surface area contributed by atoms with Gasteiger partial charge in [0.2, 0.25) is 5.82 Å².